The number of benzene rings is 2. The van der Waals surface area contributed by atoms with Gasteiger partial charge in [-0.3, -0.25) is 25.0 Å². The molecule has 1 amide bonds. The number of fused-ring (bicyclic) bond motifs is 2. The lowest BCUT2D eigenvalue weighted by Gasteiger charge is -2.34. The van der Waals surface area contributed by atoms with Crippen molar-refractivity contribution in [3.05, 3.63) is 86.0 Å². The van der Waals surface area contributed by atoms with Crippen LogP contribution in [0.15, 0.2) is 54.6 Å². The van der Waals surface area contributed by atoms with Crippen LogP contribution in [0.4, 0.5) is 5.69 Å². The number of nitrogens with zero attached hydrogens (tertiary/aromatic N) is 2. The van der Waals surface area contributed by atoms with Gasteiger partial charge in [0, 0.05) is 15.5 Å². The number of rotatable bonds is 6. The summed E-state index contributed by atoms with van der Waals surface area (Å²) in [6.07, 6.45) is -0.240. The van der Waals surface area contributed by atoms with Crippen LogP contribution in [0, 0.1) is 26.1 Å². The SMILES string of the molecule is CCOC(=O)[C@@]1([N+](=O)[O-])[C@H](C[N+](=O)[O-])C[C@]2(C(=O)Nc3ccccc32)[C@H]1c1ccccc1. The van der Waals surface area contributed by atoms with Gasteiger partial charge in [0.15, 0.2) is 0 Å². The molecule has 4 atom stereocenters. The molecule has 1 saturated carbocycles. The number of nitrogens with one attached hydrogen (secondary N) is 1. The molecular formula is C22H21N3O7. The summed E-state index contributed by atoms with van der Waals surface area (Å²) in [5, 5.41) is 27.0. The minimum Gasteiger partial charge on any atom is -0.461 e. The number of nitro groups is 2. The van der Waals surface area contributed by atoms with Crippen molar-refractivity contribution in [2.24, 2.45) is 5.92 Å². The topological polar surface area (TPSA) is 142 Å². The van der Waals surface area contributed by atoms with Crippen LogP contribution in [0.1, 0.15) is 30.4 Å². The zero-order chi connectivity index (χ0) is 23.1. The standard InChI is InChI=1S/C22H21N3O7/c1-2-32-20(27)22(25(30)31)15(13-24(28)29)12-21(18(22)14-8-4-3-5-9-14)16-10-6-7-11-17(16)23-19(21)26/h3-11,15,18H,2,12-13H2,1H3,(H,23,26)/t15-,18+,21+,22+/m0/s1. The molecule has 2 aromatic carbocycles. The molecule has 0 radical (unpaired) electrons. The maximum absolute atomic E-state index is 13.5. The number of hydrogen-bond acceptors (Lipinski definition) is 7. The largest absolute Gasteiger partial charge is 0.461 e. The van der Waals surface area contributed by atoms with E-state index in [1.807, 2.05) is 0 Å². The van der Waals surface area contributed by atoms with Crippen molar-refractivity contribution in [3.8, 4) is 0 Å². The number of carbonyl (C=O) groups is 2. The molecule has 1 heterocycles. The van der Waals surface area contributed by atoms with Gasteiger partial charge >= 0.3 is 11.5 Å². The van der Waals surface area contributed by atoms with E-state index in [9.17, 15) is 29.8 Å². The fraction of sp³-hybridized carbons (Fsp3) is 0.364. The van der Waals surface area contributed by atoms with Crippen LogP contribution >= 0.6 is 0 Å². The Hall–Kier alpha value is -3.82. The second kappa shape index (κ2) is 7.70. The first kappa shape index (κ1) is 21.4. The molecule has 32 heavy (non-hydrogen) atoms. The molecule has 10 heteroatoms. The summed E-state index contributed by atoms with van der Waals surface area (Å²) >= 11 is 0. The summed E-state index contributed by atoms with van der Waals surface area (Å²) < 4.78 is 5.15. The molecule has 1 fully saturated rings. The lowest BCUT2D eigenvalue weighted by Crippen LogP contribution is -2.58. The Morgan fingerprint density at radius 1 is 1.12 bits per heavy atom. The fourth-order valence-corrected chi connectivity index (χ4v) is 5.53. The van der Waals surface area contributed by atoms with E-state index >= 15 is 0 Å². The van der Waals surface area contributed by atoms with E-state index in [4.69, 9.17) is 4.74 Å². The molecule has 2 aromatic rings. The predicted octanol–water partition coefficient (Wildman–Crippen LogP) is 2.54. The van der Waals surface area contributed by atoms with Gasteiger partial charge in [0.05, 0.1) is 17.9 Å². The van der Waals surface area contributed by atoms with E-state index < -0.39 is 51.1 Å². The Kier molecular flexibility index (Phi) is 5.15. The lowest BCUT2D eigenvalue weighted by atomic mass is 9.66. The van der Waals surface area contributed by atoms with E-state index in [2.05, 4.69) is 5.32 Å². The molecule has 0 saturated heterocycles. The number of para-hydroxylation sites is 1. The molecule has 1 aliphatic carbocycles. The third kappa shape index (κ3) is 2.79. The third-order valence-electron chi connectivity index (χ3n) is 6.59. The highest BCUT2D eigenvalue weighted by atomic mass is 16.6. The molecule has 1 spiro atoms. The lowest BCUT2D eigenvalue weighted by molar-refractivity contribution is -0.582. The molecule has 166 valence electrons. The van der Waals surface area contributed by atoms with Crippen molar-refractivity contribution in [2.75, 3.05) is 18.5 Å². The monoisotopic (exact) mass is 439 g/mol. The first-order chi connectivity index (χ1) is 15.3. The van der Waals surface area contributed by atoms with Gasteiger partial charge < -0.3 is 10.1 Å². The average molecular weight is 439 g/mol. The molecule has 1 N–H and O–H groups in total. The van der Waals surface area contributed by atoms with Crippen LogP contribution in [-0.2, 0) is 19.7 Å². The van der Waals surface area contributed by atoms with Gasteiger partial charge in [0.2, 0.25) is 12.5 Å². The number of ether oxygens (including phenoxy) is 1. The number of amides is 1. The molecule has 4 rings (SSSR count). The van der Waals surface area contributed by atoms with E-state index in [1.165, 1.54) is 6.92 Å². The quantitative estimate of drug-likeness (QED) is 0.414. The number of carbonyl (C=O) groups excluding carboxylic acids is 2. The zero-order valence-electron chi connectivity index (χ0n) is 17.2. The van der Waals surface area contributed by atoms with Crippen LogP contribution in [-0.4, -0.2) is 40.4 Å². The molecule has 2 aliphatic rings. The number of esters is 1. The molecule has 10 nitrogen and oxygen atoms in total. The van der Waals surface area contributed by atoms with Crippen LogP contribution < -0.4 is 5.32 Å². The highest BCUT2D eigenvalue weighted by Crippen LogP contribution is 2.63. The van der Waals surface area contributed by atoms with Crippen LogP contribution in [0.25, 0.3) is 0 Å². The van der Waals surface area contributed by atoms with E-state index in [0.717, 1.165) is 0 Å². The summed E-state index contributed by atoms with van der Waals surface area (Å²) in [7, 11) is 0. The van der Waals surface area contributed by atoms with Gasteiger partial charge in [0.1, 0.15) is 5.92 Å². The maximum atomic E-state index is 13.5. The zero-order valence-corrected chi connectivity index (χ0v) is 17.2. The molecule has 0 unspecified atom stereocenters. The van der Waals surface area contributed by atoms with Crippen molar-refractivity contribution in [1.82, 2.24) is 0 Å². The summed E-state index contributed by atoms with van der Waals surface area (Å²) in [6, 6.07) is 15.0. The second-order valence-electron chi connectivity index (χ2n) is 8.03. The fourth-order valence-electron chi connectivity index (χ4n) is 5.53. The number of hydrogen-bond donors (Lipinski definition) is 1. The van der Waals surface area contributed by atoms with Gasteiger partial charge in [0.25, 0.3) is 0 Å². The van der Waals surface area contributed by atoms with Crippen molar-refractivity contribution in [3.63, 3.8) is 0 Å². The first-order valence-electron chi connectivity index (χ1n) is 10.2. The third-order valence-corrected chi connectivity index (χ3v) is 6.59. The maximum Gasteiger partial charge on any atom is 0.386 e. The van der Waals surface area contributed by atoms with Gasteiger partial charge in [-0.1, -0.05) is 48.5 Å². The van der Waals surface area contributed by atoms with Crippen molar-refractivity contribution >= 4 is 17.6 Å². The van der Waals surface area contributed by atoms with Crippen molar-refractivity contribution in [2.45, 2.75) is 30.2 Å². The van der Waals surface area contributed by atoms with Crippen LogP contribution in [0.3, 0.4) is 0 Å². The van der Waals surface area contributed by atoms with Crippen molar-refractivity contribution < 1.29 is 24.2 Å². The van der Waals surface area contributed by atoms with Crippen LogP contribution in [0.2, 0.25) is 0 Å². The Morgan fingerprint density at radius 3 is 2.41 bits per heavy atom. The molecule has 0 bridgehead atoms. The van der Waals surface area contributed by atoms with Crippen LogP contribution in [0.5, 0.6) is 0 Å². The minimum absolute atomic E-state index is 0.142. The van der Waals surface area contributed by atoms with Gasteiger partial charge in [-0.25, -0.2) is 4.79 Å². The Morgan fingerprint density at radius 2 is 1.78 bits per heavy atom. The summed E-state index contributed by atoms with van der Waals surface area (Å²) in [5.41, 5.74) is -2.73. The highest BCUT2D eigenvalue weighted by molar-refractivity contribution is 6.08. The molecular weight excluding hydrogens is 418 g/mol. The molecule has 1 aliphatic heterocycles. The smallest absolute Gasteiger partial charge is 0.386 e. The summed E-state index contributed by atoms with van der Waals surface area (Å²) in [6.45, 7) is 0.519. The molecule has 0 aromatic heterocycles. The predicted molar refractivity (Wildman–Crippen MR) is 112 cm³/mol. The average Bonchev–Trinajstić information content (AvgIpc) is 3.21. The number of anilines is 1. The van der Waals surface area contributed by atoms with E-state index in [-0.39, 0.29) is 13.0 Å². The minimum atomic E-state index is -2.51. The highest BCUT2D eigenvalue weighted by Gasteiger charge is 2.80. The van der Waals surface area contributed by atoms with Gasteiger partial charge in [-0.2, -0.15) is 0 Å². The first-order valence-corrected chi connectivity index (χ1v) is 10.2. The van der Waals surface area contributed by atoms with Gasteiger partial charge in [-0.05, 0) is 30.5 Å². The van der Waals surface area contributed by atoms with Crippen molar-refractivity contribution in [1.29, 1.82) is 0 Å². The second-order valence-corrected chi connectivity index (χ2v) is 8.03. The van der Waals surface area contributed by atoms with E-state index in [1.54, 1.807) is 54.6 Å². The Balaban J connectivity index is 2.09. The Labute approximate surface area is 182 Å². The summed E-state index contributed by atoms with van der Waals surface area (Å²) in [4.78, 5) is 49.6. The van der Waals surface area contributed by atoms with E-state index in [0.29, 0.717) is 16.8 Å². The normalized spacial score (nSPS) is 28.2. The summed E-state index contributed by atoms with van der Waals surface area (Å²) in [5.74, 6) is -4.36. The Bertz CT molecular complexity index is 1110. The van der Waals surface area contributed by atoms with Gasteiger partial charge in [-0.15, -0.1) is 0 Å².